The molecule has 1 aromatic heterocycles. The first-order valence-corrected chi connectivity index (χ1v) is 11.9. The lowest BCUT2D eigenvalue weighted by atomic mass is 9.86. The van der Waals surface area contributed by atoms with Crippen LogP contribution in [-0.2, 0) is 28.0 Å². The first-order chi connectivity index (χ1) is 16.7. The number of carbonyl (C=O) groups is 2. The molecule has 3 aromatic rings. The van der Waals surface area contributed by atoms with Crippen LogP contribution < -0.4 is 0 Å². The van der Waals surface area contributed by atoms with Crippen molar-refractivity contribution in [3.8, 4) is 0 Å². The van der Waals surface area contributed by atoms with Crippen LogP contribution in [0.25, 0.3) is 0 Å². The normalized spacial score (nSPS) is 11.3. The molecule has 0 spiro atoms. The highest BCUT2D eigenvalue weighted by Crippen LogP contribution is 2.22. The Morgan fingerprint density at radius 3 is 2.14 bits per heavy atom. The monoisotopic (exact) mass is 476 g/mol. The molecule has 186 valence electrons. The van der Waals surface area contributed by atoms with Crippen LogP contribution in [0, 0.1) is 6.92 Å². The molecule has 0 radical (unpaired) electrons. The SMILES string of the molecule is COCCN(CC(=O)N(Cc1ccccc1)Cc1ccc(C)o1)C(=O)c1ccc(C(C)(C)C)cc1. The number of furan rings is 1. The van der Waals surface area contributed by atoms with Gasteiger partial charge in [-0.05, 0) is 47.7 Å². The van der Waals surface area contributed by atoms with Gasteiger partial charge in [0.15, 0.2) is 0 Å². The van der Waals surface area contributed by atoms with Gasteiger partial charge in [0.25, 0.3) is 5.91 Å². The molecule has 0 atom stereocenters. The summed E-state index contributed by atoms with van der Waals surface area (Å²) >= 11 is 0. The van der Waals surface area contributed by atoms with E-state index in [4.69, 9.17) is 9.15 Å². The highest BCUT2D eigenvalue weighted by molar-refractivity contribution is 5.96. The van der Waals surface area contributed by atoms with Gasteiger partial charge in [-0.1, -0.05) is 63.2 Å². The number of hydrogen-bond donors (Lipinski definition) is 0. The van der Waals surface area contributed by atoms with E-state index in [1.807, 2.05) is 73.7 Å². The Kier molecular flexibility index (Phi) is 8.88. The molecule has 1 heterocycles. The highest BCUT2D eigenvalue weighted by atomic mass is 16.5. The van der Waals surface area contributed by atoms with Gasteiger partial charge in [0.2, 0.25) is 5.91 Å². The molecule has 0 fully saturated rings. The fourth-order valence-corrected chi connectivity index (χ4v) is 3.81. The molecule has 0 N–H and O–H groups in total. The molecule has 0 saturated carbocycles. The van der Waals surface area contributed by atoms with Crippen LogP contribution in [0.3, 0.4) is 0 Å². The van der Waals surface area contributed by atoms with Crippen molar-refractivity contribution in [2.45, 2.75) is 46.2 Å². The lowest BCUT2D eigenvalue weighted by Crippen LogP contribution is -2.43. The highest BCUT2D eigenvalue weighted by Gasteiger charge is 2.24. The number of benzene rings is 2. The molecular formula is C29H36N2O4. The van der Waals surface area contributed by atoms with Crippen LogP contribution in [0.5, 0.6) is 0 Å². The first-order valence-electron chi connectivity index (χ1n) is 11.9. The van der Waals surface area contributed by atoms with E-state index in [0.29, 0.717) is 37.6 Å². The second-order valence-corrected chi connectivity index (χ2v) is 9.79. The number of rotatable bonds is 10. The first kappa shape index (κ1) is 26.2. The summed E-state index contributed by atoms with van der Waals surface area (Å²) in [6.07, 6.45) is 0. The van der Waals surface area contributed by atoms with Crippen molar-refractivity contribution in [1.82, 2.24) is 9.80 Å². The summed E-state index contributed by atoms with van der Waals surface area (Å²) in [5, 5.41) is 0. The quantitative estimate of drug-likeness (QED) is 0.403. The van der Waals surface area contributed by atoms with Crippen LogP contribution >= 0.6 is 0 Å². The Morgan fingerprint density at radius 2 is 1.57 bits per heavy atom. The van der Waals surface area contributed by atoms with Crippen molar-refractivity contribution in [3.63, 3.8) is 0 Å². The molecule has 0 aliphatic heterocycles. The van der Waals surface area contributed by atoms with Gasteiger partial charge >= 0.3 is 0 Å². The third kappa shape index (κ3) is 7.55. The Bertz CT molecular complexity index is 1100. The second-order valence-electron chi connectivity index (χ2n) is 9.79. The predicted octanol–water partition coefficient (Wildman–Crippen LogP) is 5.20. The maximum atomic E-state index is 13.5. The van der Waals surface area contributed by atoms with E-state index in [1.54, 1.807) is 16.9 Å². The number of ether oxygens (including phenoxy) is 1. The topological polar surface area (TPSA) is 63.0 Å². The number of nitrogens with zero attached hydrogens (tertiary/aromatic N) is 2. The van der Waals surface area contributed by atoms with Crippen molar-refractivity contribution in [2.24, 2.45) is 0 Å². The fourth-order valence-electron chi connectivity index (χ4n) is 3.81. The zero-order chi connectivity index (χ0) is 25.4. The lowest BCUT2D eigenvalue weighted by Gasteiger charge is -2.27. The van der Waals surface area contributed by atoms with Crippen LogP contribution in [0.15, 0.2) is 71.1 Å². The van der Waals surface area contributed by atoms with Gasteiger partial charge in [-0.3, -0.25) is 9.59 Å². The number of amides is 2. The maximum Gasteiger partial charge on any atom is 0.254 e. The van der Waals surface area contributed by atoms with Crippen molar-refractivity contribution in [3.05, 3.63) is 94.9 Å². The molecule has 2 amide bonds. The van der Waals surface area contributed by atoms with Gasteiger partial charge < -0.3 is 19.0 Å². The minimum absolute atomic E-state index is 0.00454. The summed E-state index contributed by atoms with van der Waals surface area (Å²) in [6, 6.07) is 21.2. The fraction of sp³-hybridized carbons (Fsp3) is 0.379. The minimum Gasteiger partial charge on any atom is -0.464 e. The molecule has 35 heavy (non-hydrogen) atoms. The number of hydrogen-bond acceptors (Lipinski definition) is 4. The molecular weight excluding hydrogens is 440 g/mol. The molecule has 6 nitrogen and oxygen atoms in total. The average Bonchev–Trinajstić information content (AvgIpc) is 3.25. The third-order valence-electron chi connectivity index (χ3n) is 5.89. The smallest absolute Gasteiger partial charge is 0.254 e. The Balaban J connectivity index is 1.80. The Morgan fingerprint density at radius 1 is 0.886 bits per heavy atom. The molecule has 0 aliphatic rings. The Labute approximate surface area is 208 Å². The van der Waals surface area contributed by atoms with E-state index >= 15 is 0 Å². The van der Waals surface area contributed by atoms with Gasteiger partial charge in [0.1, 0.15) is 18.1 Å². The zero-order valence-corrected chi connectivity index (χ0v) is 21.4. The summed E-state index contributed by atoms with van der Waals surface area (Å²) < 4.78 is 11.0. The van der Waals surface area contributed by atoms with Crippen LogP contribution in [0.2, 0.25) is 0 Å². The summed E-state index contributed by atoms with van der Waals surface area (Å²) in [4.78, 5) is 30.2. The van der Waals surface area contributed by atoms with E-state index in [9.17, 15) is 9.59 Å². The molecule has 0 aliphatic carbocycles. The van der Waals surface area contributed by atoms with Gasteiger partial charge in [-0.25, -0.2) is 0 Å². The van der Waals surface area contributed by atoms with Crippen LogP contribution in [-0.4, -0.2) is 48.4 Å². The third-order valence-corrected chi connectivity index (χ3v) is 5.89. The maximum absolute atomic E-state index is 13.5. The van der Waals surface area contributed by atoms with Crippen LogP contribution in [0.1, 0.15) is 53.8 Å². The van der Waals surface area contributed by atoms with E-state index in [1.165, 1.54) is 0 Å². The zero-order valence-electron chi connectivity index (χ0n) is 21.4. The van der Waals surface area contributed by atoms with Crippen molar-refractivity contribution in [1.29, 1.82) is 0 Å². The molecule has 0 bridgehead atoms. The minimum atomic E-state index is -0.190. The van der Waals surface area contributed by atoms with Crippen molar-refractivity contribution < 1.29 is 18.7 Å². The van der Waals surface area contributed by atoms with Gasteiger partial charge in [-0.15, -0.1) is 0 Å². The van der Waals surface area contributed by atoms with E-state index in [0.717, 1.165) is 16.9 Å². The molecule has 2 aromatic carbocycles. The van der Waals surface area contributed by atoms with Gasteiger partial charge in [0, 0.05) is 25.8 Å². The van der Waals surface area contributed by atoms with E-state index in [2.05, 4.69) is 20.8 Å². The summed E-state index contributed by atoms with van der Waals surface area (Å²) in [7, 11) is 1.59. The lowest BCUT2D eigenvalue weighted by molar-refractivity contribution is -0.133. The average molecular weight is 477 g/mol. The number of carbonyl (C=O) groups excluding carboxylic acids is 2. The van der Waals surface area contributed by atoms with E-state index in [-0.39, 0.29) is 23.8 Å². The summed E-state index contributed by atoms with van der Waals surface area (Å²) in [5.74, 6) is 1.16. The number of aryl methyl sites for hydroxylation is 1. The van der Waals surface area contributed by atoms with Crippen molar-refractivity contribution in [2.75, 3.05) is 26.8 Å². The summed E-state index contributed by atoms with van der Waals surface area (Å²) in [6.45, 7) is 9.65. The standard InChI is InChI=1S/C29H36N2O4/c1-22-11-16-26(35-22)20-31(19-23-9-7-6-8-10-23)27(32)21-30(17-18-34-5)28(33)24-12-14-25(15-13-24)29(2,3)4/h6-16H,17-21H2,1-5H3. The van der Waals surface area contributed by atoms with Gasteiger partial charge in [0.05, 0.1) is 13.2 Å². The molecule has 0 saturated heterocycles. The van der Waals surface area contributed by atoms with Crippen molar-refractivity contribution >= 4 is 11.8 Å². The molecule has 6 heteroatoms. The van der Waals surface area contributed by atoms with Gasteiger partial charge in [-0.2, -0.15) is 0 Å². The van der Waals surface area contributed by atoms with E-state index < -0.39 is 0 Å². The summed E-state index contributed by atoms with van der Waals surface area (Å²) in [5.41, 5.74) is 2.71. The van der Waals surface area contributed by atoms with Crippen LogP contribution in [0.4, 0.5) is 0 Å². The number of methoxy groups -OCH3 is 1. The predicted molar refractivity (Wildman–Crippen MR) is 137 cm³/mol. The Hall–Kier alpha value is -3.38. The molecule has 0 unspecified atom stereocenters. The molecule has 3 rings (SSSR count). The largest absolute Gasteiger partial charge is 0.464 e. The second kappa shape index (κ2) is 11.8.